The number of rotatable bonds is 5. The average molecular weight is 308 g/mol. The number of ketones is 1. The minimum Gasteiger partial charge on any atom is -0.293 e. The molecule has 0 fully saturated rings. The van der Waals surface area contributed by atoms with Crippen LogP contribution in [-0.4, -0.2) is 17.0 Å². The molecule has 0 radical (unpaired) electrons. The maximum Gasteiger partial charge on any atom is 0.178 e. The van der Waals surface area contributed by atoms with E-state index in [1.807, 2.05) is 12.1 Å². The molecule has 2 rings (SSSR count). The van der Waals surface area contributed by atoms with Crippen LogP contribution >= 0.6 is 0 Å². The first-order chi connectivity index (χ1) is 10.9. The number of benzene rings is 1. The van der Waals surface area contributed by atoms with E-state index in [1.165, 1.54) is 18.1 Å². The lowest BCUT2D eigenvalue weighted by atomic mass is 9.93. The van der Waals surface area contributed by atoms with Gasteiger partial charge in [0.15, 0.2) is 5.78 Å². The first-order valence-corrected chi connectivity index (χ1v) is 8.05. The van der Waals surface area contributed by atoms with Crippen molar-refractivity contribution in [2.45, 2.75) is 46.5 Å². The van der Waals surface area contributed by atoms with E-state index in [9.17, 15) is 4.79 Å². The summed E-state index contributed by atoms with van der Waals surface area (Å²) >= 11 is 0. The molecule has 0 aliphatic rings. The van der Waals surface area contributed by atoms with Gasteiger partial charge in [0.25, 0.3) is 0 Å². The quantitative estimate of drug-likeness (QED) is 0.557. The highest BCUT2D eigenvalue weighted by Crippen LogP contribution is 2.34. The highest BCUT2D eigenvalue weighted by Gasteiger charge is 2.12. The summed E-state index contributed by atoms with van der Waals surface area (Å²) in [6.07, 6.45) is 1.75. The minimum atomic E-state index is -0.0364. The number of carbonyl (C=O) groups is 1. The molecule has 0 aliphatic heterocycles. The summed E-state index contributed by atoms with van der Waals surface area (Å²) in [6, 6.07) is 11.8. The summed E-state index contributed by atoms with van der Waals surface area (Å²) in [5.74, 6) is 0.764. The third-order valence-electron chi connectivity index (χ3n) is 3.80. The number of carbonyl (C=O) groups excluding carboxylic acids is 1. The van der Waals surface area contributed by atoms with Gasteiger partial charge in [-0.3, -0.25) is 9.79 Å². The molecule has 0 aliphatic carbocycles. The average Bonchev–Trinajstić information content (AvgIpc) is 2.52. The van der Waals surface area contributed by atoms with E-state index in [0.717, 1.165) is 5.69 Å². The van der Waals surface area contributed by atoms with Crippen LogP contribution in [0.5, 0.6) is 0 Å². The molecule has 0 saturated carbocycles. The largest absolute Gasteiger partial charge is 0.293 e. The number of hydrogen-bond acceptors (Lipinski definition) is 3. The maximum atomic E-state index is 11.5. The zero-order valence-electron chi connectivity index (χ0n) is 14.5. The molecular weight excluding hydrogens is 284 g/mol. The van der Waals surface area contributed by atoms with Gasteiger partial charge in [-0.05, 0) is 35.1 Å². The number of aromatic nitrogens is 1. The van der Waals surface area contributed by atoms with Crippen molar-refractivity contribution in [3.8, 4) is 0 Å². The van der Waals surface area contributed by atoms with Crippen LogP contribution in [0.2, 0.25) is 0 Å². The molecule has 1 heterocycles. The van der Waals surface area contributed by atoms with Gasteiger partial charge in [-0.2, -0.15) is 0 Å². The van der Waals surface area contributed by atoms with Crippen molar-refractivity contribution >= 4 is 17.7 Å². The SMILES string of the molecule is CC(=O)c1cccc(C=Nc2c(C(C)C)cccc2C(C)C)n1. The Bertz CT molecular complexity index is 704. The molecule has 0 N–H and O–H groups in total. The second-order valence-electron chi connectivity index (χ2n) is 6.36. The molecule has 3 heteroatoms. The summed E-state index contributed by atoms with van der Waals surface area (Å²) in [4.78, 5) is 20.5. The summed E-state index contributed by atoms with van der Waals surface area (Å²) in [5, 5.41) is 0. The first kappa shape index (κ1) is 17.1. The van der Waals surface area contributed by atoms with Gasteiger partial charge in [-0.25, -0.2) is 4.98 Å². The molecule has 2 aromatic rings. The van der Waals surface area contributed by atoms with E-state index in [1.54, 1.807) is 12.3 Å². The molecule has 23 heavy (non-hydrogen) atoms. The number of Topliss-reactive ketones (excluding diaryl/α,β-unsaturated/α-hetero) is 1. The molecule has 0 saturated heterocycles. The van der Waals surface area contributed by atoms with Crippen molar-refractivity contribution in [3.05, 3.63) is 58.9 Å². The lowest BCUT2D eigenvalue weighted by Crippen LogP contribution is -2.00. The van der Waals surface area contributed by atoms with Crippen molar-refractivity contribution in [3.63, 3.8) is 0 Å². The van der Waals surface area contributed by atoms with Crippen LogP contribution in [0.15, 0.2) is 41.4 Å². The van der Waals surface area contributed by atoms with Crippen molar-refractivity contribution in [1.82, 2.24) is 4.98 Å². The fraction of sp³-hybridized carbons (Fsp3) is 0.350. The Morgan fingerprint density at radius 2 is 1.57 bits per heavy atom. The second-order valence-corrected chi connectivity index (χ2v) is 6.36. The normalized spacial score (nSPS) is 11.6. The van der Waals surface area contributed by atoms with Gasteiger partial charge in [0.1, 0.15) is 5.69 Å². The van der Waals surface area contributed by atoms with Crippen LogP contribution in [0, 0.1) is 0 Å². The van der Waals surface area contributed by atoms with Gasteiger partial charge >= 0.3 is 0 Å². The van der Waals surface area contributed by atoms with E-state index in [4.69, 9.17) is 4.99 Å². The number of aliphatic imine (C=N–C) groups is 1. The van der Waals surface area contributed by atoms with Crippen LogP contribution in [0.25, 0.3) is 0 Å². The van der Waals surface area contributed by atoms with Crippen molar-refractivity contribution < 1.29 is 4.79 Å². The van der Waals surface area contributed by atoms with E-state index in [0.29, 0.717) is 23.2 Å². The summed E-state index contributed by atoms with van der Waals surface area (Å²) in [5.41, 5.74) is 4.65. The molecule has 0 amide bonds. The Morgan fingerprint density at radius 1 is 1.00 bits per heavy atom. The third kappa shape index (κ3) is 4.13. The maximum absolute atomic E-state index is 11.5. The third-order valence-corrected chi connectivity index (χ3v) is 3.80. The first-order valence-electron chi connectivity index (χ1n) is 8.05. The number of para-hydroxylation sites is 1. The van der Waals surface area contributed by atoms with Crippen molar-refractivity contribution in [2.75, 3.05) is 0 Å². The van der Waals surface area contributed by atoms with Gasteiger partial charge in [0.2, 0.25) is 0 Å². The van der Waals surface area contributed by atoms with E-state index >= 15 is 0 Å². The van der Waals surface area contributed by atoms with Crippen LogP contribution in [0.4, 0.5) is 5.69 Å². The molecule has 0 unspecified atom stereocenters. The number of pyridine rings is 1. The van der Waals surface area contributed by atoms with Gasteiger partial charge in [0, 0.05) is 6.92 Å². The molecule has 120 valence electrons. The second kappa shape index (κ2) is 7.32. The van der Waals surface area contributed by atoms with Crippen LogP contribution in [0.1, 0.15) is 73.8 Å². The lowest BCUT2D eigenvalue weighted by molar-refractivity contribution is 0.101. The van der Waals surface area contributed by atoms with Crippen LogP contribution < -0.4 is 0 Å². The Morgan fingerprint density at radius 3 is 2.09 bits per heavy atom. The Labute approximate surface area is 138 Å². The molecule has 0 spiro atoms. The number of nitrogens with zero attached hydrogens (tertiary/aromatic N) is 2. The predicted octanol–water partition coefficient (Wildman–Crippen LogP) is 5.28. The Hall–Kier alpha value is -2.29. The zero-order valence-corrected chi connectivity index (χ0v) is 14.5. The fourth-order valence-corrected chi connectivity index (χ4v) is 2.51. The summed E-state index contributed by atoms with van der Waals surface area (Å²) in [6.45, 7) is 10.2. The molecule has 3 nitrogen and oxygen atoms in total. The van der Waals surface area contributed by atoms with Gasteiger partial charge in [0.05, 0.1) is 17.6 Å². The topological polar surface area (TPSA) is 42.3 Å². The van der Waals surface area contributed by atoms with Gasteiger partial charge in [-0.15, -0.1) is 0 Å². The van der Waals surface area contributed by atoms with Gasteiger partial charge in [-0.1, -0.05) is 52.0 Å². The minimum absolute atomic E-state index is 0.0364. The summed E-state index contributed by atoms with van der Waals surface area (Å²) in [7, 11) is 0. The monoisotopic (exact) mass is 308 g/mol. The van der Waals surface area contributed by atoms with Crippen LogP contribution in [0.3, 0.4) is 0 Å². The van der Waals surface area contributed by atoms with E-state index in [-0.39, 0.29) is 5.78 Å². The molecule has 1 aromatic carbocycles. The Kier molecular flexibility index (Phi) is 5.43. The molecular formula is C20H24N2O. The van der Waals surface area contributed by atoms with Crippen molar-refractivity contribution in [1.29, 1.82) is 0 Å². The molecule has 0 bridgehead atoms. The highest BCUT2D eigenvalue weighted by atomic mass is 16.1. The standard InChI is InChI=1S/C20H24N2O/c1-13(2)17-9-7-10-18(14(3)4)20(17)21-12-16-8-6-11-19(22-16)15(5)23/h6-14H,1-5H3. The lowest BCUT2D eigenvalue weighted by Gasteiger charge is -2.16. The highest BCUT2D eigenvalue weighted by molar-refractivity contribution is 5.93. The summed E-state index contributed by atoms with van der Waals surface area (Å²) < 4.78 is 0. The molecule has 0 atom stereocenters. The zero-order chi connectivity index (χ0) is 17.0. The smallest absolute Gasteiger partial charge is 0.178 e. The Balaban J connectivity index is 2.46. The predicted molar refractivity (Wildman–Crippen MR) is 96.1 cm³/mol. The van der Waals surface area contributed by atoms with Crippen molar-refractivity contribution in [2.24, 2.45) is 4.99 Å². The van der Waals surface area contributed by atoms with Crippen LogP contribution in [-0.2, 0) is 0 Å². The van der Waals surface area contributed by atoms with Gasteiger partial charge < -0.3 is 0 Å². The van der Waals surface area contributed by atoms with E-state index in [2.05, 4.69) is 50.9 Å². The molecule has 1 aromatic heterocycles. The number of hydrogen-bond donors (Lipinski definition) is 0. The fourth-order valence-electron chi connectivity index (χ4n) is 2.51. The van der Waals surface area contributed by atoms with E-state index < -0.39 is 0 Å².